The van der Waals surface area contributed by atoms with Crippen LogP contribution in [0.3, 0.4) is 0 Å². The standard InChI is InChI=1S/C23H37N5O2.HI/c1-5-8-21-27-22(30-28-21)20-10-7-9-18(14-20)15-25-23(24-6-2)26-16-19(11-12-29)13-17(3)4;/h7,9-10,14,17,19,29H,5-6,8,11-13,15-16H2,1-4H3,(H2,24,25,26);1H. The van der Waals surface area contributed by atoms with Crippen molar-refractivity contribution in [2.75, 3.05) is 19.7 Å². The molecule has 0 radical (unpaired) electrons. The van der Waals surface area contributed by atoms with Gasteiger partial charge in [0.05, 0.1) is 6.54 Å². The van der Waals surface area contributed by atoms with Gasteiger partial charge in [0.2, 0.25) is 0 Å². The first-order chi connectivity index (χ1) is 14.5. The molecule has 0 amide bonds. The fraction of sp³-hybridized carbons (Fsp3) is 0.609. The number of nitrogens with zero attached hydrogens (tertiary/aromatic N) is 3. The predicted octanol–water partition coefficient (Wildman–Crippen LogP) is 4.41. The van der Waals surface area contributed by atoms with Gasteiger partial charge < -0.3 is 20.3 Å². The molecule has 31 heavy (non-hydrogen) atoms. The van der Waals surface area contributed by atoms with Crippen molar-refractivity contribution in [2.24, 2.45) is 16.8 Å². The van der Waals surface area contributed by atoms with Crippen LogP contribution in [0.25, 0.3) is 11.5 Å². The smallest absolute Gasteiger partial charge is 0.257 e. The van der Waals surface area contributed by atoms with Crippen LogP contribution in [0, 0.1) is 11.8 Å². The molecule has 0 aliphatic carbocycles. The summed E-state index contributed by atoms with van der Waals surface area (Å²) in [6.45, 7) is 10.9. The number of benzene rings is 1. The Kier molecular flexibility index (Phi) is 13.4. The number of aliphatic hydroxyl groups is 1. The highest BCUT2D eigenvalue weighted by Gasteiger charge is 2.12. The minimum Gasteiger partial charge on any atom is -0.396 e. The molecule has 1 aromatic heterocycles. The largest absolute Gasteiger partial charge is 0.396 e. The minimum absolute atomic E-state index is 0. The molecule has 0 aliphatic rings. The average Bonchev–Trinajstić information content (AvgIpc) is 3.19. The van der Waals surface area contributed by atoms with Crippen LogP contribution in [0.4, 0.5) is 0 Å². The number of halogens is 1. The monoisotopic (exact) mass is 543 g/mol. The van der Waals surface area contributed by atoms with Gasteiger partial charge in [0, 0.05) is 31.7 Å². The van der Waals surface area contributed by atoms with Gasteiger partial charge >= 0.3 is 0 Å². The molecule has 0 aliphatic heterocycles. The van der Waals surface area contributed by atoms with E-state index in [4.69, 9.17) is 9.52 Å². The molecular formula is C23H38IN5O2. The quantitative estimate of drug-likeness (QED) is 0.209. The van der Waals surface area contributed by atoms with Crippen molar-refractivity contribution in [2.45, 2.75) is 59.9 Å². The first-order valence-electron chi connectivity index (χ1n) is 11.1. The molecule has 0 saturated carbocycles. The molecule has 0 fully saturated rings. The molecule has 0 spiro atoms. The number of aliphatic hydroxyl groups excluding tert-OH is 1. The van der Waals surface area contributed by atoms with Crippen LogP contribution < -0.4 is 10.6 Å². The Labute approximate surface area is 203 Å². The molecule has 2 aromatic rings. The number of aliphatic imine (C=N–C) groups is 1. The molecule has 1 heterocycles. The number of aromatic nitrogens is 2. The van der Waals surface area contributed by atoms with E-state index in [0.29, 0.717) is 24.3 Å². The number of hydrogen-bond donors (Lipinski definition) is 3. The van der Waals surface area contributed by atoms with E-state index in [0.717, 1.165) is 61.7 Å². The Bertz CT molecular complexity index is 779. The minimum atomic E-state index is 0. The van der Waals surface area contributed by atoms with E-state index < -0.39 is 0 Å². The lowest BCUT2D eigenvalue weighted by atomic mass is 9.94. The Morgan fingerprint density at radius 3 is 2.71 bits per heavy atom. The highest BCUT2D eigenvalue weighted by Crippen LogP contribution is 2.19. The predicted molar refractivity (Wildman–Crippen MR) is 137 cm³/mol. The zero-order valence-electron chi connectivity index (χ0n) is 19.2. The van der Waals surface area contributed by atoms with E-state index in [1.165, 1.54) is 0 Å². The Morgan fingerprint density at radius 2 is 2.03 bits per heavy atom. The number of hydrogen-bond acceptors (Lipinski definition) is 5. The Hall–Kier alpha value is -1.68. The van der Waals surface area contributed by atoms with Crippen LogP contribution in [-0.2, 0) is 13.0 Å². The lowest BCUT2D eigenvalue weighted by Gasteiger charge is -2.20. The third-order valence-electron chi connectivity index (χ3n) is 4.78. The third kappa shape index (κ3) is 9.99. The maximum absolute atomic E-state index is 9.33. The zero-order chi connectivity index (χ0) is 21.8. The summed E-state index contributed by atoms with van der Waals surface area (Å²) in [6, 6.07) is 8.06. The van der Waals surface area contributed by atoms with Gasteiger partial charge in [-0.1, -0.05) is 38.1 Å². The summed E-state index contributed by atoms with van der Waals surface area (Å²) in [5.74, 6) is 3.12. The molecule has 2 rings (SSSR count). The summed E-state index contributed by atoms with van der Waals surface area (Å²) in [7, 11) is 0. The second-order valence-corrected chi connectivity index (χ2v) is 8.05. The van der Waals surface area contributed by atoms with Crippen molar-refractivity contribution >= 4 is 29.9 Å². The van der Waals surface area contributed by atoms with E-state index in [1.807, 2.05) is 24.3 Å². The number of rotatable bonds is 12. The number of nitrogens with one attached hydrogen (secondary N) is 2. The first kappa shape index (κ1) is 27.4. The van der Waals surface area contributed by atoms with Crippen LogP contribution in [0.5, 0.6) is 0 Å². The molecule has 7 nitrogen and oxygen atoms in total. The molecule has 0 saturated heterocycles. The van der Waals surface area contributed by atoms with Crippen molar-refractivity contribution in [3.05, 3.63) is 35.7 Å². The lowest BCUT2D eigenvalue weighted by Crippen LogP contribution is -2.40. The van der Waals surface area contributed by atoms with Crippen molar-refractivity contribution in [3.63, 3.8) is 0 Å². The van der Waals surface area contributed by atoms with Gasteiger partial charge in [-0.15, -0.1) is 24.0 Å². The Balaban J connectivity index is 0.00000480. The topological polar surface area (TPSA) is 95.6 Å². The SMILES string of the molecule is CCCc1noc(-c2cccc(CN=C(NCC)NCC(CCO)CC(C)C)c2)n1.I. The molecule has 174 valence electrons. The summed E-state index contributed by atoms with van der Waals surface area (Å²) in [6.07, 6.45) is 3.69. The molecule has 1 unspecified atom stereocenters. The van der Waals surface area contributed by atoms with Crippen LogP contribution in [0.15, 0.2) is 33.8 Å². The van der Waals surface area contributed by atoms with Crippen LogP contribution in [0.2, 0.25) is 0 Å². The van der Waals surface area contributed by atoms with Crippen LogP contribution in [0.1, 0.15) is 58.3 Å². The second-order valence-electron chi connectivity index (χ2n) is 8.05. The second kappa shape index (κ2) is 15.2. The van der Waals surface area contributed by atoms with Gasteiger partial charge in [0.15, 0.2) is 11.8 Å². The van der Waals surface area contributed by atoms with Gasteiger partial charge in [-0.05, 0) is 55.7 Å². The van der Waals surface area contributed by atoms with E-state index >= 15 is 0 Å². The maximum Gasteiger partial charge on any atom is 0.257 e. The van der Waals surface area contributed by atoms with Crippen LogP contribution in [-0.4, -0.2) is 40.9 Å². The molecule has 1 aromatic carbocycles. The molecule has 3 N–H and O–H groups in total. The van der Waals surface area contributed by atoms with Crippen molar-refractivity contribution in [1.82, 2.24) is 20.8 Å². The highest BCUT2D eigenvalue weighted by molar-refractivity contribution is 14.0. The van der Waals surface area contributed by atoms with Crippen molar-refractivity contribution in [1.29, 1.82) is 0 Å². The van der Waals surface area contributed by atoms with E-state index in [-0.39, 0.29) is 30.6 Å². The third-order valence-corrected chi connectivity index (χ3v) is 4.78. The van der Waals surface area contributed by atoms with Gasteiger partial charge in [-0.3, -0.25) is 0 Å². The van der Waals surface area contributed by atoms with Crippen molar-refractivity contribution in [3.8, 4) is 11.5 Å². The van der Waals surface area contributed by atoms with Crippen molar-refractivity contribution < 1.29 is 9.63 Å². The first-order valence-corrected chi connectivity index (χ1v) is 11.1. The summed E-state index contributed by atoms with van der Waals surface area (Å²) in [5, 5.41) is 20.1. The normalized spacial score (nSPS) is 12.5. The molecule has 1 atom stereocenters. The maximum atomic E-state index is 9.33. The summed E-state index contributed by atoms with van der Waals surface area (Å²) in [4.78, 5) is 9.20. The van der Waals surface area contributed by atoms with Gasteiger partial charge in [0.1, 0.15) is 0 Å². The molecule has 8 heteroatoms. The van der Waals surface area contributed by atoms with Gasteiger partial charge in [0.25, 0.3) is 5.89 Å². The molecular weight excluding hydrogens is 505 g/mol. The van der Waals surface area contributed by atoms with E-state index in [2.05, 4.69) is 48.5 Å². The van der Waals surface area contributed by atoms with Gasteiger partial charge in [-0.2, -0.15) is 4.98 Å². The fourth-order valence-electron chi connectivity index (χ4n) is 3.40. The van der Waals surface area contributed by atoms with Crippen LogP contribution >= 0.6 is 24.0 Å². The summed E-state index contributed by atoms with van der Waals surface area (Å²) >= 11 is 0. The highest BCUT2D eigenvalue weighted by atomic mass is 127. The molecule has 0 bridgehead atoms. The lowest BCUT2D eigenvalue weighted by molar-refractivity contribution is 0.243. The van der Waals surface area contributed by atoms with E-state index in [1.54, 1.807) is 0 Å². The fourth-order valence-corrected chi connectivity index (χ4v) is 3.40. The van der Waals surface area contributed by atoms with Gasteiger partial charge in [-0.25, -0.2) is 4.99 Å². The summed E-state index contributed by atoms with van der Waals surface area (Å²) in [5.41, 5.74) is 1.99. The van der Waals surface area contributed by atoms with E-state index in [9.17, 15) is 5.11 Å². The zero-order valence-corrected chi connectivity index (χ0v) is 21.6. The number of guanidine groups is 1. The number of aryl methyl sites for hydroxylation is 1. The summed E-state index contributed by atoms with van der Waals surface area (Å²) < 4.78 is 5.40. The average molecular weight is 543 g/mol. The Morgan fingerprint density at radius 1 is 1.23 bits per heavy atom.